The van der Waals surface area contributed by atoms with Crippen LogP contribution in [0.3, 0.4) is 0 Å². The highest BCUT2D eigenvalue weighted by Crippen LogP contribution is 2.23. The summed E-state index contributed by atoms with van der Waals surface area (Å²) < 4.78 is 5.06. The Balaban J connectivity index is 2.29. The van der Waals surface area contributed by atoms with Crippen LogP contribution in [0.4, 0.5) is 11.4 Å². The molecular weight excluding hydrogens is 292 g/mol. The lowest BCUT2D eigenvalue weighted by atomic mass is 10.1. The van der Waals surface area contributed by atoms with E-state index in [4.69, 9.17) is 16.3 Å². The fourth-order valence-corrected chi connectivity index (χ4v) is 2.04. The van der Waals surface area contributed by atoms with Gasteiger partial charge in [-0.25, -0.2) is 4.99 Å². The van der Waals surface area contributed by atoms with Crippen molar-refractivity contribution in [2.24, 2.45) is 4.99 Å². The predicted molar refractivity (Wildman–Crippen MR) is 82.9 cm³/mol. The van der Waals surface area contributed by atoms with E-state index < -0.39 is 4.92 Å². The first-order valence-electron chi connectivity index (χ1n) is 6.15. The lowest BCUT2D eigenvalue weighted by molar-refractivity contribution is -0.385. The maximum Gasteiger partial charge on any atom is 0.272 e. The van der Waals surface area contributed by atoms with Crippen LogP contribution >= 0.6 is 11.6 Å². The molecule has 0 bridgehead atoms. The summed E-state index contributed by atoms with van der Waals surface area (Å²) in [5, 5.41) is 11.1. The number of rotatable bonds is 4. The number of nitrogens with zero attached hydrogens (tertiary/aromatic N) is 2. The van der Waals surface area contributed by atoms with E-state index >= 15 is 0 Å². The van der Waals surface area contributed by atoms with Gasteiger partial charge in [0.25, 0.3) is 5.69 Å². The first-order valence-corrected chi connectivity index (χ1v) is 6.52. The summed E-state index contributed by atoms with van der Waals surface area (Å²) in [4.78, 5) is 14.6. The summed E-state index contributed by atoms with van der Waals surface area (Å²) in [5.41, 5.74) is 1.92. The van der Waals surface area contributed by atoms with E-state index in [-0.39, 0.29) is 10.9 Å². The van der Waals surface area contributed by atoms with Crippen molar-refractivity contribution in [2.45, 2.75) is 6.92 Å². The lowest BCUT2D eigenvalue weighted by Crippen LogP contribution is -1.96. The van der Waals surface area contributed by atoms with Gasteiger partial charge in [0.1, 0.15) is 10.9 Å². The zero-order valence-electron chi connectivity index (χ0n) is 11.5. The van der Waals surface area contributed by atoms with Crippen molar-refractivity contribution in [2.75, 3.05) is 7.11 Å². The Hall–Kier alpha value is -2.40. The average Bonchev–Trinajstić information content (AvgIpc) is 2.47. The van der Waals surface area contributed by atoms with Crippen molar-refractivity contribution in [3.63, 3.8) is 0 Å². The molecule has 2 aromatic carbocycles. The van der Waals surface area contributed by atoms with Crippen LogP contribution in [0.5, 0.6) is 5.75 Å². The average molecular weight is 305 g/mol. The monoisotopic (exact) mass is 304 g/mol. The molecular formula is C15H13ClN2O3. The Morgan fingerprint density at radius 3 is 2.43 bits per heavy atom. The van der Waals surface area contributed by atoms with Crippen LogP contribution in [0.2, 0.25) is 0 Å². The van der Waals surface area contributed by atoms with Gasteiger partial charge in [-0.3, -0.25) is 10.1 Å². The van der Waals surface area contributed by atoms with Crippen molar-refractivity contribution in [3.8, 4) is 5.75 Å². The van der Waals surface area contributed by atoms with Crippen molar-refractivity contribution < 1.29 is 9.66 Å². The summed E-state index contributed by atoms with van der Waals surface area (Å²) in [6.45, 7) is 1.67. The number of methoxy groups -OCH3 is 1. The number of aryl methyl sites for hydroxylation is 1. The third-order valence-electron chi connectivity index (χ3n) is 2.93. The second-order valence-electron chi connectivity index (χ2n) is 4.36. The summed E-state index contributed by atoms with van der Waals surface area (Å²) >= 11 is 6.17. The van der Waals surface area contributed by atoms with Crippen LogP contribution in [0.1, 0.15) is 11.1 Å². The quantitative estimate of drug-likeness (QED) is 0.482. The molecule has 2 aromatic rings. The number of ether oxygens (including phenoxy) is 1. The smallest absolute Gasteiger partial charge is 0.272 e. The lowest BCUT2D eigenvalue weighted by Gasteiger charge is -2.03. The Morgan fingerprint density at radius 1 is 1.24 bits per heavy atom. The Labute approximate surface area is 127 Å². The van der Waals surface area contributed by atoms with Crippen LogP contribution in [-0.2, 0) is 0 Å². The second kappa shape index (κ2) is 6.37. The van der Waals surface area contributed by atoms with Gasteiger partial charge in [-0.15, -0.1) is 0 Å². The van der Waals surface area contributed by atoms with Crippen molar-refractivity contribution in [3.05, 3.63) is 63.7 Å². The van der Waals surface area contributed by atoms with Crippen molar-refractivity contribution in [1.82, 2.24) is 0 Å². The molecule has 0 aliphatic heterocycles. The molecule has 0 aliphatic rings. The molecule has 0 heterocycles. The van der Waals surface area contributed by atoms with Crippen LogP contribution < -0.4 is 4.74 Å². The molecule has 0 saturated carbocycles. The minimum absolute atomic E-state index is 0.0627. The number of benzene rings is 2. The molecule has 0 aromatic heterocycles. The van der Waals surface area contributed by atoms with Gasteiger partial charge in [0.05, 0.1) is 17.7 Å². The van der Waals surface area contributed by atoms with E-state index in [0.717, 1.165) is 5.75 Å². The van der Waals surface area contributed by atoms with Crippen LogP contribution in [0.15, 0.2) is 47.5 Å². The van der Waals surface area contributed by atoms with Gasteiger partial charge in [-0.1, -0.05) is 11.6 Å². The zero-order valence-corrected chi connectivity index (χ0v) is 12.3. The third-order valence-corrected chi connectivity index (χ3v) is 3.23. The highest BCUT2D eigenvalue weighted by molar-refractivity contribution is 6.69. The van der Waals surface area contributed by atoms with Crippen molar-refractivity contribution >= 4 is 28.1 Å². The number of aliphatic imine (C=N–C) groups is 1. The molecule has 6 heteroatoms. The molecule has 5 nitrogen and oxygen atoms in total. The van der Waals surface area contributed by atoms with Crippen molar-refractivity contribution in [1.29, 1.82) is 0 Å². The molecule has 0 radical (unpaired) electrons. The number of nitro groups is 1. The van der Waals surface area contributed by atoms with E-state index in [1.165, 1.54) is 6.07 Å². The number of halogens is 1. The number of nitro benzene ring substituents is 1. The Bertz CT molecular complexity index is 697. The van der Waals surface area contributed by atoms with Gasteiger partial charge in [-0.05, 0) is 43.3 Å². The first kappa shape index (κ1) is 15.0. The summed E-state index contributed by atoms with van der Waals surface area (Å²) in [7, 11) is 1.59. The number of hydrogen-bond acceptors (Lipinski definition) is 4. The van der Waals surface area contributed by atoms with Crippen LogP contribution in [0.25, 0.3) is 0 Å². The van der Waals surface area contributed by atoms with E-state index in [1.54, 1.807) is 50.4 Å². The summed E-state index contributed by atoms with van der Waals surface area (Å²) in [6, 6.07) is 11.8. The van der Waals surface area contributed by atoms with Gasteiger partial charge >= 0.3 is 0 Å². The van der Waals surface area contributed by atoms with Gasteiger partial charge in [0.2, 0.25) is 0 Å². The Morgan fingerprint density at radius 2 is 1.90 bits per heavy atom. The third kappa shape index (κ3) is 3.58. The van der Waals surface area contributed by atoms with Gasteiger partial charge in [-0.2, -0.15) is 0 Å². The Kier molecular flexibility index (Phi) is 4.55. The van der Waals surface area contributed by atoms with E-state index in [0.29, 0.717) is 16.8 Å². The second-order valence-corrected chi connectivity index (χ2v) is 4.72. The maximum atomic E-state index is 10.8. The molecule has 0 aliphatic carbocycles. The van der Waals surface area contributed by atoms with Gasteiger partial charge in [0, 0.05) is 17.2 Å². The summed E-state index contributed by atoms with van der Waals surface area (Å²) in [5.74, 6) is 0.733. The maximum absolute atomic E-state index is 10.8. The topological polar surface area (TPSA) is 64.7 Å². The SMILES string of the molecule is COc1ccc(N=C(Cl)c2ccc([N+](=O)[O-])c(C)c2)cc1. The minimum atomic E-state index is -0.423. The van der Waals surface area contributed by atoms with Gasteiger partial charge in [0.15, 0.2) is 0 Å². The first-order chi connectivity index (χ1) is 10.0. The molecule has 0 fully saturated rings. The molecule has 0 amide bonds. The normalized spacial score (nSPS) is 11.3. The van der Waals surface area contributed by atoms with E-state index in [9.17, 15) is 10.1 Å². The highest BCUT2D eigenvalue weighted by atomic mass is 35.5. The fourth-order valence-electron chi connectivity index (χ4n) is 1.82. The van der Waals surface area contributed by atoms with Gasteiger partial charge < -0.3 is 4.74 Å². The molecule has 0 unspecified atom stereocenters. The molecule has 0 spiro atoms. The highest BCUT2D eigenvalue weighted by Gasteiger charge is 2.11. The predicted octanol–water partition coefficient (Wildman–Crippen LogP) is 4.23. The molecule has 108 valence electrons. The number of hydrogen-bond donors (Lipinski definition) is 0. The summed E-state index contributed by atoms with van der Waals surface area (Å²) in [6.07, 6.45) is 0. The molecule has 0 saturated heterocycles. The fraction of sp³-hybridized carbons (Fsp3) is 0.133. The van der Waals surface area contributed by atoms with Crippen LogP contribution in [0, 0.1) is 17.0 Å². The molecule has 21 heavy (non-hydrogen) atoms. The largest absolute Gasteiger partial charge is 0.497 e. The molecule has 2 rings (SSSR count). The molecule has 0 atom stereocenters. The minimum Gasteiger partial charge on any atom is -0.497 e. The zero-order chi connectivity index (χ0) is 15.4. The molecule has 0 N–H and O–H groups in total. The standard InChI is InChI=1S/C15H13ClN2O3/c1-10-9-11(3-8-14(10)18(19)20)15(16)17-12-4-6-13(21-2)7-5-12/h3-9H,1-2H3. The van der Waals surface area contributed by atoms with E-state index in [2.05, 4.69) is 4.99 Å². The van der Waals surface area contributed by atoms with E-state index in [1.807, 2.05) is 0 Å². The van der Waals surface area contributed by atoms with Crippen LogP contribution in [-0.4, -0.2) is 17.2 Å².